The van der Waals surface area contributed by atoms with E-state index in [0.717, 1.165) is 4.47 Å². The van der Waals surface area contributed by atoms with Gasteiger partial charge in [0, 0.05) is 10.4 Å². The van der Waals surface area contributed by atoms with Crippen LogP contribution in [-0.4, -0.2) is 0 Å². The Morgan fingerprint density at radius 3 is 2.65 bits per heavy atom. The first kappa shape index (κ1) is 12.5. The van der Waals surface area contributed by atoms with Crippen molar-refractivity contribution < 1.29 is 0 Å². The maximum atomic E-state index is 3.53. The monoisotopic (exact) mass is 288 g/mol. The standard InChI is InChI=1S/C16H17Br/c17-16-13-7-6-12-15(16)11-5-4-10-14-8-2-1-3-9-14/h5-7,11-14H,1-3,8-9H2/b11-5-. The maximum absolute atomic E-state index is 3.53. The van der Waals surface area contributed by atoms with Gasteiger partial charge in [-0.05, 0) is 36.6 Å². The highest BCUT2D eigenvalue weighted by Gasteiger charge is 2.09. The molecule has 1 heteroatoms. The molecule has 0 unspecified atom stereocenters. The minimum atomic E-state index is 0.632. The first-order chi connectivity index (χ1) is 8.36. The highest BCUT2D eigenvalue weighted by Crippen LogP contribution is 2.22. The van der Waals surface area contributed by atoms with Crippen LogP contribution >= 0.6 is 15.9 Å². The van der Waals surface area contributed by atoms with Crippen molar-refractivity contribution in [3.63, 3.8) is 0 Å². The summed E-state index contributed by atoms with van der Waals surface area (Å²) in [4.78, 5) is 0. The molecule has 0 N–H and O–H groups in total. The summed E-state index contributed by atoms with van der Waals surface area (Å²) in [7, 11) is 0. The summed E-state index contributed by atoms with van der Waals surface area (Å²) in [5, 5.41) is 0. The Balaban J connectivity index is 1.93. The number of benzene rings is 1. The SMILES string of the molecule is Brc1ccccc1/C=C\C#CC1CCCCC1. The maximum Gasteiger partial charge on any atom is 0.0247 e. The Morgan fingerprint density at radius 2 is 1.88 bits per heavy atom. The van der Waals surface area contributed by atoms with Crippen molar-refractivity contribution in [2.75, 3.05) is 0 Å². The molecule has 0 atom stereocenters. The third-order valence-electron chi connectivity index (χ3n) is 3.14. The molecule has 2 rings (SSSR count). The third kappa shape index (κ3) is 4.06. The van der Waals surface area contributed by atoms with Gasteiger partial charge in [-0.3, -0.25) is 0 Å². The zero-order valence-corrected chi connectivity index (χ0v) is 11.5. The first-order valence-corrected chi connectivity index (χ1v) is 7.08. The Kier molecular flexibility index (Phi) is 4.88. The molecule has 1 saturated carbocycles. The molecule has 1 aromatic rings. The van der Waals surface area contributed by atoms with Crippen LogP contribution in [0.25, 0.3) is 6.08 Å². The van der Waals surface area contributed by atoms with Crippen molar-refractivity contribution in [2.45, 2.75) is 32.1 Å². The van der Waals surface area contributed by atoms with Gasteiger partial charge in [0.15, 0.2) is 0 Å². The van der Waals surface area contributed by atoms with E-state index in [1.165, 1.54) is 37.7 Å². The molecule has 1 aliphatic rings. The predicted molar refractivity (Wildman–Crippen MR) is 77.5 cm³/mol. The van der Waals surface area contributed by atoms with Crippen molar-refractivity contribution in [3.8, 4) is 11.8 Å². The van der Waals surface area contributed by atoms with E-state index < -0.39 is 0 Å². The van der Waals surface area contributed by atoms with Gasteiger partial charge in [-0.1, -0.05) is 65.2 Å². The largest absolute Gasteiger partial charge is 0.0951 e. The van der Waals surface area contributed by atoms with E-state index in [-0.39, 0.29) is 0 Å². The van der Waals surface area contributed by atoms with Crippen molar-refractivity contribution in [1.82, 2.24) is 0 Å². The molecule has 0 radical (unpaired) electrons. The van der Waals surface area contributed by atoms with Crippen LogP contribution in [0.15, 0.2) is 34.8 Å². The second kappa shape index (κ2) is 6.67. The van der Waals surface area contributed by atoms with Crippen molar-refractivity contribution in [3.05, 3.63) is 40.4 Å². The number of allylic oxidation sites excluding steroid dienone is 1. The molecule has 88 valence electrons. The molecule has 0 spiro atoms. The van der Waals surface area contributed by atoms with Crippen molar-refractivity contribution in [1.29, 1.82) is 0 Å². The van der Waals surface area contributed by atoms with Gasteiger partial charge in [0.2, 0.25) is 0 Å². The van der Waals surface area contributed by atoms with Crippen LogP contribution in [0.2, 0.25) is 0 Å². The van der Waals surface area contributed by atoms with Gasteiger partial charge in [0.25, 0.3) is 0 Å². The Labute approximate surface area is 112 Å². The fourth-order valence-corrected chi connectivity index (χ4v) is 2.57. The number of hydrogen-bond acceptors (Lipinski definition) is 0. The fraction of sp³-hybridized carbons (Fsp3) is 0.375. The molecular formula is C16H17Br. The van der Waals surface area contributed by atoms with E-state index in [9.17, 15) is 0 Å². The lowest BCUT2D eigenvalue weighted by atomic mass is 9.90. The molecule has 1 fully saturated rings. The van der Waals surface area contributed by atoms with E-state index in [4.69, 9.17) is 0 Å². The van der Waals surface area contributed by atoms with Gasteiger partial charge in [-0.25, -0.2) is 0 Å². The summed E-state index contributed by atoms with van der Waals surface area (Å²) < 4.78 is 1.12. The molecule has 1 aromatic carbocycles. The summed E-state index contributed by atoms with van der Waals surface area (Å²) in [6.07, 6.45) is 10.7. The minimum absolute atomic E-state index is 0.632. The topological polar surface area (TPSA) is 0 Å². The summed E-state index contributed by atoms with van der Waals surface area (Å²) in [5.74, 6) is 7.17. The molecule has 0 amide bonds. The van der Waals surface area contributed by atoms with Crippen LogP contribution in [0, 0.1) is 17.8 Å². The fourth-order valence-electron chi connectivity index (χ4n) is 2.15. The Bertz CT molecular complexity index is 442. The Hall–Kier alpha value is -1.00. The van der Waals surface area contributed by atoms with Crippen LogP contribution in [0.3, 0.4) is 0 Å². The quantitative estimate of drug-likeness (QED) is 0.635. The molecule has 0 nitrogen and oxygen atoms in total. The first-order valence-electron chi connectivity index (χ1n) is 6.28. The third-order valence-corrected chi connectivity index (χ3v) is 3.87. The average Bonchev–Trinajstić information content (AvgIpc) is 2.38. The summed E-state index contributed by atoms with van der Waals surface area (Å²) in [5.41, 5.74) is 1.19. The van der Waals surface area contributed by atoms with E-state index in [1.54, 1.807) is 0 Å². The summed E-state index contributed by atoms with van der Waals surface area (Å²) in [6.45, 7) is 0. The number of rotatable bonds is 1. The summed E-state index contributed by atoms with van der Waals surface area (Å²) >= 11 is 3.53. The van der Waals surface area contributed by atoms with Gasteiger partial charge in [-0.2, -0.15) is 0 Å². The van der Waals surface area contributed by atoms with Gasteiger partial charge in [0.1, 0.15) is 0 Å². The lowest BCUT2D eigenvalue weighted by molar-refractivity contribution is 0.430. The van der Waals surface area contributed by atoms with E-state index in [2.05, 4.69) is 39.9 Å². The zero-order valence-electron chi connectivity index (χ0n) is 9.95. The van der Waals surface area contributed by atoms with Crippen LogP contribution in [0.4, 0.5) is 0 Å². The second-order valence-electron chi connectivity index (χ2n) is 4.48. The lowest BCUT2D eigenvalue weighted by Gasteiger charge is -2.15. The molecule has 0 bridgehead atoms. The van der Waals surface area contributed by atoms with Gasteiger partial charge in [-0.15, -0.1) is 0 Å². The van der Waals surface area contributed by atoms with Crippen molar-refractivity contribution >= 4 is 22.0 Å². The van der Waals surface area contributed by atoms with Crippen LogP contribution < -0.4 is 0 Å². The molecule has 0 aromatic heterocycles. The normalized spacial score (nSPS) is 16.8. The second-order valence-corrected chi connectivity index (χ2v) is 5.33. The van der Waals surface area contributed by atoms with Gasteiger partial charge >= 0.3 is 0 Å². The molecule has 0 heterocycles. The molecule has 0 aliphatic heterocycles. The Morgan fingerprint density at radius 1 is 1.12 bits per heavy atom. The summed E-state index contributed by atoms with van der Waals surface area (Å²) in [6, 6.07) is 8.20. The predicted octanol–water partition coefficient (Wildman–Crippen LogP) is 5.05. The lowest BCUT2D eigenvalue weighted by Crippen LogP contribution is -2.02. The molecular weight excluding hydrogens is 272 g/mol. The van der Waals surface area contributed by atoms with Crippen LogP contribution in [-0.2, 0) is 0 Å². The minimum Gasteiger partial charge on any atom is -0.0951 e. The molecule has 0 saturated heterocycles. The smallest absolute Gasteiger partial charge is 0.0247 e. The number of hydrogen-bond donors (Lipinski definition) is 0. The van der Waals surface area contributed by atoms with E-state index >= 15 is 0 Å². The van der Waals surface area contributed by atoms with E-state index in [1.807, 2.05) is 24.3 Å². The highest BCUT2D eigenvalue weighted by atomic mass is 79.9. The number of halogens is 1. The van der Waals surface area contributed by atoms with Gasteiger partial charge < -0.3 is 0 Å². The van der Waals surface area contributed by atoms with Gasteiger partial charge in [0.05, 0.1) is 0 Å². The average molecular weight is 289 g/mol. The molecule has 1 aliphatic carbocycles. The highest BCUT2D eigenvalue weighted by molar-refractivity contribution is 9.10. The molecule has 17 heavy (non-hydrogen) atoms. The van der Waals surface area contributed by atoms with E-state index in [0.29, 0.717) is 5.92 Å². The van der Waals surface area contributed by atoms with Crippen molar-refractivity contribution in [2.24, 2.45) is 5.92 Å². The zero-order chi connectivity index (χ0) is 11.9. The van der Waals surface area contributed by atoms with Crippen LogP contribution in [0.5, 0.6) is 0 Å². The van der Waals surface area contributed by atoms with Crippen LogP contribution in [0.1, 0.15) is 37.7 Å².